The van der Waals surface area contributed by atoms with Gasteiger partial charge in [0.15, 0.2) is 0 Å². The summed E-state index contributed by atoms with van der Waals surface area (Å²) in [4.78, 5) is 18.2. The summed E-state index contributed by atoms with van der Waals surface area (Å²) in [5, 5.41) is 0. The lowest BCUT2D eigenvalue weighted by molar-refractivity contribution is 0.0948. The predicted molar refractivity (Wildman–Crippen MR) is 74.2 cm³/mol. The van der Waals surface area contributed by atoms with Crippen LogP contribution in [0, 0.1) is 5.92 Å². The Labute approximate surface area is 114 Å². The lowest BCUT2D eigenvalue weighted by Gasteiger charge is -2.15. The fourth-order valence-corrected chi connectivity index (χ4v) is 2.70. The number of amides is 1. The number of nitrogens with one attached hydrogen (secondary N) is 1. The lowest BCUT2D eigenvalue weighted by Crippen LogP contribution is -2.31. The SMILES string of the molecule is CCCC1CCN(Cc2cccc(C(=O)NN)n2)C1. The van der Waals surface area contributed by atoms with Crippen molar-refractivity contribution in [2.24, 2.45) is 11.8 Å². The molecule has 104 valence electrons. The smallest absolute Gasteiger partial charge is 0.283 e. The Hall–Kier alpha value is -1.46. The Bertz CT molecular complexity index is 435. The molecule has 1 fully saturated rings. The number of hydrogen-bond donors (Lipinski definition) is 2. The summed E-state index contributed by atoms with van der Waals surface area (Å²) in [6.07, 6.45) is 3.83. The Morgan fingerprint density at radius 2 is 2.42 bits per heavy atom. The number of likely N-dealkylation sites (tertiary alicyclic amines) is 1. The highest BCUT2D eigenvalue weighted by molar-refractivity contribution is 5.91. The van der Waals surface area contributed by atoms with E-state index in [1.807, 2.05) is 12.1 Å². The van der Waals surface area contributed by atoms with Gasteiger partial charge in [0.25, 0.3) is 5.91 Å². The lowest BCUT2D eigenvalue weighted by atomic mass is 10.0. The Balaban J connectivity index is 1.94. The summed E-state index contributed by atoms with van der Waals surface area (Å²) in [5.41, 5.74) is 3.42. The van der Waals surface area contributed by atoms with Crippen molar-refractivity contribution in [1.82, 2.24) is 15.3 Å². The summed E-state index contributed by atoms with van der Waals surface area (Å²) in [5.74, 6) is 5.60. The molecular weight excluding hydrogens is 240 g/mol. The zero-order valence-corrected chi connectivity index (χ0v) is 11.4. The van der Waals surface area contributed by atoms with Crippen LogP contribution in [0.2, 0.25) is 0 Å². The van der Waals surface area contributed by atoms with Gasteiger partial charge in [0, 0.05) is 13.1 Å². The van der Waals surface area contributed by atoms with Gasteiger partial charge in [-0.15, -0.1) is 0 Å². The number of hydrazine groups is 1. The molecule has 2 rings (SSSR count). The molecule has 0 bridgehead atoms. The average molecular weight is 262 g/mol. The molecule has 1 saturated heterocycles. The molecule has 1 aromatic rings. The van der Waals surface area contributed by atoms with E-state index in [4.69, 9.17) is 5.84 Å². The van der Waals surface area contributed by atoms with Crippen molar-refractivity contribution in [2.75, 3.05) is 13.1 Å². The van der Waals surface area contributed by atoms with Crippen LogP contribution in [-0.2, 0) is 6.54 Å². The molecule has 1 unspecified atom stereocenters. The number of hydrogen-bond acceptors (Lipinski definition) is 4. The number of carbonyl (C=O) groups excluding carboxylic acids is 1. The first-order valence-corrected chi connectivity index (χ1v) is 6.92. The van der Waals surface area contributed by atoms with Crippen molar-refractivity contribution in [3.63, 3.8) is 0 Å². The first-order chi connectivity index (χ1) is 9.22. The van der Waals surface area contributed by atoms with Gasteiger partial charge in [0.2, 0.25) is 0 Å². The molecular formula is C14H22N4O. The van der Waals surface area contributed by atoms with E-state index in [-0.39, 0.29) is 5.91 Å². The number of nitrogen functional groups attached to an aromatic ring is 1. The molecule has 0 spiro atoms. The van der Waals surface area contributed by atoms with Crippen molar-refractivity contribution in [1.29, 1.82) is 0 Å². The Morgan fingerprint density at radius 3 is 3.16 bits per heavy atom. The van der Waals surface area contributed by atoms with E-state index in [9.17, 15) is 4.79 Å². The third kappa shape index (κ3) is 3.75. The van der Waals surface area contributed by atoms with Crippen LogP contribution >= 0.6 is 0 Å². The molecule has 0 radical (unpaired) electrons. The van der Waals surface area contributed by atoms with Gasteiger partial charge in [0.05, 0.1) is 5.69 Å². The molecule has 1 aliphatic heterocycles. The number of carbonyl (C=O) groups is 1. The molecule has 0 aliphatic carbocycles. The van der Waals surface area contributed by atoms with Crippen molar-refractivity contribution in [3.05, 3.63) is 29.6 Å². The second-order valence-electron chi connectivity index (χ2n) is 5.17. The number of aromatic nitrogens is 1. The molecule has 1 aliphatic rings. The predicted octanol–water partition coefficient (Wildman–Crippen LogP) is 1.31. The monoisotopic (exact) mass is 262 g/mol. The standard InChI is InChI=1S/C14H22N4O/c1-2-4-11-7-8-18(9-11)10-12-5-3-6-13(16-12)14(19)17-15/h3,5-6,11H,2,4,7-10,15H2,1H3,(H,17,19). The van der Waals surface area contributed by atoms with Gasteiger partial charge in [-0.05, 0) is 37.4 Å². The Morgan fingerprint density at radius 1 is 1.58 bits per heavy atom. The summed E-state index contributed by atoms with van der Waals surface area (Å²) in [6.45, 7) is 5.31. The Kier molecular flexibility index (Phi) is 4.87. The minimum atomic E-state index is -0.341. The van der Waals surface area contributed by atoms with Crippen molar-refractivity contribution < 1.29 is 4.79 Å². The van der Waals surface area contributed by atoms with E-state index in [1.165, 1.54) is 19.3 Å². The van der Waals surface area contributed by atoms with Crippen molar-refractivity contribution in [2.45, 2.75) is 32.7 Å². The van der Waals surface area contributed by atoms with E-state index in [2.05, 4.69) is 22.2 Å². The average Bonchev–Trinajstić information content (AvgIpc) is 2.86. The molecule has 5 heteroatoms. The zero-order chi connectivity index (χ0) is 13.7. The highest BCUT2D eigenvalue weighted by atomic mass is 16.2. The summed E-state index contributed by atoms with van der Waals surface area (Å²) in [6, 6.07) is 5.49. The quantitative estimate of drug-likeness (QED) is 0.477. The summed E-state index contributed by atoms with van der Waals surface area (Å²) < 4.78 is 0. The topological polar surface area (TPSA) is 71.2 Å². The maximum atomic E-state index is 11.4. The minimum Gasteiger partial charge on any atom is -0.297 e. The molecule has 0 aromatic carbocycles. The van der Waals surface area contributed by atoms with Crippen LogP contribution in [0.15, 0.2) is 18.2 Å². The number of nitrogens with zero attached hydrogens (tertiary/aromatic N) is 2. The van der Waals surface area contributed by atoms with Gasteiger partial charge < -0.3 is 0 Å². The van der Waals surface area contributed by atoms with Gasteiger partial charge in [-0.25, -0.2) is 10.8 Å². The van der Waals surface area contributed by atoms with Crippen LogP contribution in [0.1, 0.15) is 42.4 Å². The summed E-state index contributed by atoms with van der Waals surface area (Å²) >= 11 is 0. The first-order valence-electron chi connectivity index (χ1n) is 6.92. The van der Waals surface area contributed by atoms with Gasteiger partial charge in [0.1, 0.15) is 5.69 Å². The van der Waals surface area contributed by atoms with E-state index >= 15 is 0 Å². The molecule has 3 N–H and O–H groups in total. The second kappa shape index (κ2) is 6.63. The van der Waals surface area contributed by atoms with Gasteiger partial charge in [-0.2, -0.15) is 0 Å². The maximum Gasteiger partial charge on any atom is 0.283 e. The molecule has 5 nitrogen and oxygen atoms in total. The van der Waals surface area contributed by atoms with E-state index in [1.54, 1.807) is 6.07 Å². The molecule has 0 saturated carbocycles. The van der Waals surface area contributed by atoms with Crippen LogP contribution in [-0.4, -0.2) is 28.9 Å². The number of pyridine rings is 1. The number of rotatable bonds is 5. The van der Waals surface area contributed by atoms with Crippen molar-refractivity contribution >= 4 is 5.91 Å². The first kappa shape index (κ1) is 14.0. The molecule has 2 heterocycles. The number of nitrogens with two attached hydrogens (primary N) is 1. The fraction of sp³-hybridized carbons (Fsp3) is 0.571. The molecule has 1 aromatic heterocycles. The van der Waals surface area contributed by atoms with E-state index < -0.39 is 0 Å². The third-order valence-corrected chi connectivity index (χ3v) is 3.62. The fourth-order valence-electron chi connectivity index (χ4n) is 2.70. The highest BCUT2D eigenvalue weighted by Gasteiger charge is 2.22. The third-order valence-electron chi connectivity index (χ3n) is 3.62. The molecule has 19 heavy (non-hydrogen) atoms. The van der Waals surface area contributed by atoms with Gasteiger partial charge in [-0.3, -0.25) is 15.1 Å². The molecule has 1 atom stereocenters. The van der Waals surface area contributed by atoms with Crippen LogP contribution in [0.5, 0.6) is 0 Å². The largest absolute Gasteiger partial charge is 0.297 e. The van der Waals surface area contributed by atoms with E-state index in [0.29, 0.717) is 5.69 Å². The minimum absolute atomic E-state index is 0.341. The zero-order valence-electron chi connectivity index (χ0n) is 11.4. The van der Waals surface area contributed by atoms with Crippen LogP contribution in [0.25, 0.3) is 0 Å². The van der Waals surface area contributed by atoms with Gasteiger partial charge in [-0.1, -0.05) is 19.4 Å². The molecule has 1 amide bonds. The van der Waals surface area contributed by atoms with Crippen molar-refractivity contribution in [3.8, 4) is 0 Å². The van der Waals surface area contributed by atoms with Crippen LogP contribution in [0.4, 0.5) is 0 Å². The second-order valence-corrected chi connectivity index (χ2v) is 5.17. The normalized spacial score (nSPS) is 19.6. The van der Waals surface area contributed by atoms with E-state index in [0.717, 1.165) is 31.2 Å². The van der Waals surface area contributed by atoms with Gasteiger partial charge >= 0.3 is 0 Å². The maximum absolute atomic E-state index is 11.4. The highest BCUT2D eigenvalue weighted by Crippen LogP contribution is 2.22. The van der Waals surface area contributed by atoms with Crippen LogP contribution < -0.4 is 11.3 Å². The summed E-state index contributed by atoms with van der Waals surface area (Å²) in [7, 11) is 0. The van der Waals surface area contributed by atoms with Crippen LogP contribution in [0.3, 0.4) is 0 Å².